The summed E-state index contributed by atoms with van der Waals surface area (Å²) in [5.74, 6) is 0.437. The van der Waals surface area contributed by atoms with Gasteiger partial charge in [-0.05, 0) is 54.0 Å². The van der Waals surface area contributed by atoms with Crippen LogP contribution >= 0.6 is 39.9 Å². The van der Waals surface area contributed by atoms with Crippen molar-refractivity contribution >= 4 is 50.0 Å². The van der Waals surface area contributed by atoms with E-state index in [0.29, 0.717) is 10.2 Å². The first-order chi connectivity index (χ1) is 9.87. The van der Waals surface area contributed by atoms with Gasteiger partial charge < -0.3 is 10.1 Å². The summed E-state index contributed by atoms with van der Waals surface area (Å²) < 4.78 is 32.5. The van der Waals surface area contributed by atoms with Gasteiger partial charge >= 0.3 is 0 Å². The molecule has 9 heteroatoms. The smallest absolute Gasteiger partial charge is 0.244 e. The van der Waals surface area contributed by atoms with Gasteiger partial charge in [-0.3, -0.25) is 0 Å². The SMILES string of the molecule is COc1cc(Br)c(S(=O)(=O)N(C)C2CCNCC2)cc1Cl.Cl. The van der Waals surface area contributed by atoms with E-state index in [1.165, 1.54) is 17.5 Å². The molecule has 1 aliphatic rings. The molecule has 1 heterocycles. The van der Waals surface area contributed by atoms with Crippen LogP contribution in [0.25, 0.3) is 0 Å². The Morgan fingerprint density at radius 2 is 1.95 bits per heavy atom. The van der Waals surface area contributed by atoms with Gasteiger partial charge in [0.2, 0.25) is 10.0 Å². The Kier molecular flexibility index (Phi) is 7.42. The van der Waals surface area contributed by atoms with E-state index in [-0.39, 0.29) is 28.4 Å². The molecule has 1 fully saturated rings. The lowest BCUT2D eigenvalue weighted by molar-refractivity contribution is 0.296. The first kappa shape index (κ1) is 20.0. The maximum absolute atomic E-state index is 12.8. The molecule has 0 bridgehead atoms. The van der Waals surface area contributed by atoms with Crippen molar-refractivity contribution in [2.45, 2.75) is 23.8 Å². The topological polar surface area (TPSA) is 58.6 Å². The van der Waals surface area contributed by atoms with E-state index < -0.39 is 10.0 Å². The number of hydrogen-bond acceptors (Lipinski definition) is 4. The summed E-state index contributed by atoms with van der Waals surface area (Å²) in [6.07, 6.45) is 1.61. The minimum absolute atomic E-state index is 0. The van der Waals surface area contributed by atoms with Crippen molar-refractivity contribution in [3.8, 4) is 5.75 Å². The highest BCUT2D eigenvalue weighted by molar-refractivity contribution is 9.10. The first-order valence-electron chi connectivity index (χ1n) is 6.59. The Morgan fingerprint density at radius 1 is 1.36 bits per heavy atom. The summed E-state index contributed by atoms with van der Waals surface area (Å²) in [6, 6.07) is 3.01. The van der Waals surface area contributed by atoms with Crippen LogP contribution in [0.2, 0.25) is 5.02 Å². The van der Waals surface area contributed by atoms with E-state index in [0.717, 1.165) is 25.9 Å². The van der Waals surface area contributed by atoms with Crippen LogP contribution in [0.15, 0.2) is 21.5 Å². The number of piperidine rings is 1. The van der Waals surface area contributed by atoms with Gasteiger partial charge in [-0.1, -0.05) is 11.6 Å². The van der Waals surface area contributed by atoms with Gasteiger partial charge in [-0.2, -0.15) is 4.31 Å². The van der Waals surface area contributed by atoms with Crippen molar-refractivity contribution in [1.29, 1.82) is 0 Å². The van der Waals surface area contributed by atoms with Gasteiger partial charge in [0.1, 0.15) is 5.75 Å². The van der Waals surface area contributed by atoms with Crippen LogP contribution in [0.1, 0.15) is 12.8 Å². The minimum Gasteiger partial charge on any atom is -0.495 e. The number of ether oxygens (including phenoxy) is 1. The van der Waals surface area contributed by atoms with Crippen LogP contribution in [-0.4, -0.2) is 46.0 Å². The molecule has 1 aromatic carbocycles. The third-order valence-corrected chi connectivity index (χ3v) is 6.85. The molecule has 0 saturated carbocycles. The standard InChI is InChI=1S/C13H18BrClN2O3S.ClH/c1-17(9-3-5-16-6-4-9)21(18,19)13-8-11(15)12(20-2)7-10(13)14;/h7-9,16H,3-6H2,1-2H3;1H. The van der Waals surface area contributed by atoms with Gasteiger partial charge in [-0.25, -0.2) is 8.42 Å². The normalized spacial score (nSPS) is 16.4. The summed E-state index contributed by atoms with van der Waals surface area (Å²) in [5, 5.41) is 3.50. The Balaban J connectivity index is 0.00000242. The predicted molar refractivity (Wildman–Crippen MR) is 93.8 cm³/mol. The van der Waals surface area contributed by atoms with Crippen LogP contribution < -0.4 is 10.1 Å². The number of nitrogens with one attached hydrogen (secondary N) is 1. The van der Waals surface area contributed by atoms with Crippen LogP contribution in [0.4, 0.5) is 0 Å². The average molecular weight is 434 g/mol. The first-order valence-corrected chi connectivity index (χ1v) is 9.21. The summed E-state index contributed by atoms with van der Waals surface area (Å²) in [7, 11) is -0.488. The number of nitrogens with zero attached hydrogens (tertiary/aromatic N) is 1. The van der Waals surface area contributed by atoms with Crippen molar-refractivity contribution in [2.24, 2.45) is 0 Å². The summed E-state index contributed by atoms with van der Waals surface area (Å²) in [6.45, 7) is 1.66. The molecule has 1 N–H and O–H groups in total. The van der Waals surface area contributed by atoms with Gasteiger partial charge in [0.25, 0.3) is 0 Å². The van der Waals surface area contributed by atoms with E-state index in [9.17, 15) is 8.42 Å². The van der Waals surface area contributed by atoms with Crippen LogP contribution in [0.5, 0.6) is 5.75 Å². The lowest BCUT2D eigenvalue weighted by Gasteiger charge is -2.31. The van der Waals surface area contributed by atoms with Crippen molar-refractivity contribution < 1.29 is 13.2 Å². The number of benzene rings is 1. The Bertz CT molecular complexity index is 622. The summed E-state index contributed by atoms with van der Waals surface area (Å²) in [5.41, 5.74) is 0. The molecule has 1 aromatic rings. The van der Waals surface area contributed by atoms with E-state index in [2.05, 4.69) is 21.2 Å². The second-order valence-corrected chi connectivity index (χ2v) is 8.15. The molecule has 1 saturated heterocycles. The third-order valence-electron chi connectivity index (χ3n) is 3.69. The molecule has 1 aliphatic heterocycles. The summed E-state index contributed by atoms with van der Waals surface area (Å²) >= 11 is 9.35. The maximum Gasteiger partial charge on any atom is 0.244 e. The molecule has 0 aromatic heterocycles. The van der Waals surface area contributed by atoms with E-state index in [1.54, 1.807) is 13.1 Å². The number of rotatable bonds is 4. The van der Waals surface area contributed by atoms with Crippen molar-refractivity contribution in [3.63, 3.8) is 0 Å². The largest absolute Gasteiger partial charge is 0.495 e. The molecule has 0 unspecified atom stereocenters. The van der Waals surface area contributed by atoms with Crippen molar-refractivity contribution in [1.82, 2.24) is 9.62 Å². The molecule has 2 rings (SSSR count). The molecule has 0 amide bonds. The van der Waals surface area contributed by atoms with E-state index >= 15 is 0 Å². The van der Waals surface area contributed by atoms with E-state index in [1.807, 2.05) is 0 Å². The molecule has 5 nitrogen and oxygen atoms in total. The minimum atomic E-state index is -3.60. The molecule has 126 valence electrons. The fourth-order valence-electron chi connectivity index (χ4n) is 2.39. The second-order valence-electron chi connectivity index (χ2n) is 4.92. The highest BCUT2D eigenvalue weighted by Crippen LogP contribution is 2.35. The van der Waals surface area contributed by atoms with Gasteiger partial charge in [0.15, 0.2) is 0 Å². The Hall–Kier alpha value is -0.0500. The Labute approximate surface area is 150 Å². The predicted octanol–water partition coefficient (Wildman–Crippen LogP) is 2.91. The quantitative estimate of drug-likeness (QED) is 0.792. The van der Waals surface area contributed by atoms with Gasteiger partial charge in [0, 0.05) is 17.6 Å². The monoisotopic (exact) mass is 432 g/mol. The van der Waals surface area contributed by atoms with Crippen LogP contribution in [0.3, 0.4) is 0 Å². The zero-order valence-corrected chi connectivity index (χ0v) is 16.3. The Morgan fingerprint density at radius 3 is 2.50 bits per heavy atom. The molecule has 22 heavy (non-hydrogen) atoms. The fourth-order valence-corrected chi connectivity index (χ4v) is 5.11. The van der Waals surface area contributed by atoms with E-state index in [4.69, 9.17) is 16.3 Å². The number of hydrogen-bond donors (Lipinski definition) is 1. The van der Waals surface area contributed by atoms with Gasteiger partial charge in [-0.15, -0.1) is 12.4 Å². The number of sulfonamides is 1. The number of halogens is 3. The average Bonchev–Trinajstić information content (AvgIpc) is 2.49. The third kappa shape index (κ3) is 4.07. The van der Waals surface area contributed by atoms with Gasteiger partial charge in [0.05, 0.1) is 17.0 Å². The maximum atomic E-state index is 12.8. The van der Waals surface area contributed by atoms with Crippen LogP contribution in [-0.2, 0) is 10.0 Å². The molecule has 0 atom stereocenters. The highest BCUT2D eigenvalue weighted by Gasteiger charge is 2.31. The highest BCUT2D eigenvalue weighted by atomic mass is 79.9. The molecule has 0 radical (unpaired) electrons. The molecular weight excluding hydrogens is 415 g/mol. The van der Waals surface area contributed by atoms with Crippen molar-refractivity contribution in [3.05, 3.63) is 21.6 Å². The zero-order chi connectivity index (χ0) is 15.6. The van der Waals surface area contributed by atoms with Crippen LogP contribution in [0, 0.1) is 0 Å². The molecule has 0 spiro atoms. The lowest BCUT2D eigenvalue weighted by Crippen LogP contribution is -2.43. The van der Waals surface area contributed by atoms with Crippen molar-refractivity contribution in [2.75, 3.05) is 27.2 Å². The second kappa shape index (κ2) is 8.17. The zero-order valence-electron chi connectivity index (χ0n) is 12.3. The molecular formula is C13H19BrCl2N2O3S. The fraction of sp³-hybridized carbons (Fsp3) is 0.538. The molecule has 0 aliphatic carbocycles. The lowest BCUT2D eigenvalue weighted by atomic mass is 10.1. The summed E-state index contributed by atoms with van der Waals surface area (Å²) in [4.78, 5) is 0.161. The number of methoxy groups -OCH3 is 1.